The van der Waals surface area contributed by atoms with Crippen molar-refractivity contribution in [2.24, 2.45) is 0 Å². The number of hydrogen-bond donors (Lipinski definition) is 1. The molecule has 0 aliphatic carbocycles. The molecule has 0 atom stereocenters. The van der Waals surface area contributed by atoms with E-state index in [9.17, 15) is 18.0 Å². The van der Waals surface area contributed by atoms with Gasteiger partial charge in [-0.1, -0.05) is 17.7 Å². The molecular formula is C15H11ClF3NOS. The molecule has 2 rings (SSSR count). The van der Waals surface area contributed by atoms with Crippen molar-refractivity contribution in [3.63, 3.8) is 0 Å². The number of anilines is 1. The van der Waals surface area contributed by atoms with Crippen LogP contribution in [0.15, 0.2) is 36.4 Å². The highest BCUT2D eigenvalue weighted by atomic mass is 35.5. The van der Waals surface area contributed by atoms with Crippen molar-refractivity contribution < 1.29 is 18.0 Å². The van der Waals surface area contributed by atoms with Crippen molar-refractivity contribution in [1.29, 1.82) is 0 Å². The van der Waals surface area contributed by atoms with Gasteiger partial charge in [0.1, 0.15) is 5.82 Å². The maximum absolute atomic E-state index is 13.0. The van der Waals surface area contributed by atoms with E-state index in [1.165, 1.54) is 30.0 Å². The molecule has 0 aromatic heterocycles. The Bertz CT molecular complexity index is 696. The lowest BCUT2D eigenvalue weighted by Gasteiger charge is -2.07. The Morgan fingerprint density at radius 2 is 1.86 bits per heavy atom. The molecule has 0 unspecified atom stereocenters. The predicted molar refractivity (Wildman–Crippen MR) is 82.6 cm³/mol. The Hall–Kier alpha value is -1.66. The van der Waals surface area contributed by atoms with Gasteiger partial charge >= 0.3 is 0 Å². The molecule has 2 aromatic rings. The van der Waals surface area contributed by atoms with Gasteiger partial charge in [0.25, 0.3) is 0 Å². The molecule has 1 N–H and O–H groups in total. The minimum atomic E-state index is -1.02. The molecule has 0 radical (unpaired) electrons. The smallest absolute Gasteiger partial charge is 0.234 e. The van der Waals surface area contributed by atoms with Crippen LogP contribution in [0.25, 0.3) is 0 Å². The molecule has 0 heterocycles. The van der Waals surface area contributed by atoms with E-state index in [-0.39, 0.29) is 17.3 Å². The van der Waals surface area contributed by atoms with Gasteiger partial charge in [-0.05, 0) is 29.8 Å². The first-order valence-electron chi connectivity index (χ1n) is 6.22. The summed E-state index contributed by atoms with van der Waals surface area (Å²) in [5.74, 6) is -2.23. The van der Waals surface area contributed by atoms with E-state index in [1.54, 1.807) is 6.07 Å². The maximum Gasteiger partial charge on any atom is 0.234 e. The zero-order valence-electron chi connectivity index (χ0n) is 11.2. The summed E-state index contributed by atoms with van der Waals surface area (Å²) in [5.41, 5.74) is 0.901. The number of thioether (sulfide) groups is 1. The SMILES string of the molecule is O=C(CSCc1ccc(F)cc1Cl)Nc1ccc(F)c(F)c1. The Labute approximate surface area is 134 Å². The summed E-state index contributed by atoms with van der Waals surface area (Å²) in [7, 11) is 0. The Balaban J connectivity index is 1.83. The molecule has 0 saturated heterocycles. The molecule has 2 aromatic carbocycles. The number of halogens is 4. The third kappa shape index (κ3) is 4.68. The first-order valence-corrected chi connectivity index (χ1v) is 7.75. The van der Waals surface area contributed by atoms with Crippen LogP contribution in [0.1, 0.15) is 5.56 Å². The van der Waals surface area contributed by atoms with Crippen LogP contribution in [0.5, 0.6) is 0 Å². The van der Waals surface area contributed by atoms with E-state index < -0.39 is 17.5 Å². The second kappa shape index (κ2) is 7.56. The number of rotatable bonds is 5. The fraction of sp³-hybridized carbons (Fsp3) is 0.133. The third-order valence-corrected chi connectivity index (χ3v) is 4.04. The predicted octanol–water partition coefficient (Wildman–Crippen LogP) is 4.63. The van der Waals surface area contributed by atoms with E-state index in [0.717, 1.165) is 12.1 Å². The zero-order valence-corrected chi connectivity index (χ0v) is 12.8. The Kier molecular flexibility index (Phi) is 5.74. The Morgan fingerprint density at radius 3 is 2.55 bits per heavy atom. The summed E-state index contributed by atoms with van der Waals surface area (Å²) >= 11 is 7.15. The van der Waals surface area contributed by atoms with Gasteiger partial charge in [0, 0.05) is 22.5 Å². The van der Waals surface area contributed by atoms with E-state index in [2.05, 4.69) is 5.32 Å². The van der Waals surface area contributed by atoms with Crippen molar-refractivity contribution in [1.82, 2.24) is 0 Å². The lowest BCUT2D eigenvalue weighted by molar-refractivity contribution is -0.113. The van der Waals surface area contributed by atoms with E-state index >= 15 is 0 Å². The van der Waals surface area contributed by atoms with E-state index in [1.807, 2.05) is 0 Å². The van der Waals surface area contributed by atoms with Gasteiger partial charge in [-0.25, -0.2) is 13.2 Å². The summed E-state index contributed by atoms with van der Waals surface area (Å²) in [6.45, 7) is 0. The van der Waals surface area contributed by atoms with Crippen LogP contribution in [0, 0.1) is 17.5 Å². The quantitative estimate of drug-likeness (QED) is 0.856. The first-order chi connectivity index (χ1) is 10.5. The molecule has 0 bridgehead atoms. The van der Waals surface area contributed by atoms with Gasteiger partial charge in [0.15, 0.2) is 11.6 Å². The number of nitrogens with one attached hydrogen (secondary N) is 1. The maximum atomic E-state index is 13.0. The number of amides is 1. The normalized spacial score (nSPS) is 10.5. The van der Waals surface area contributed by atoms with Crippen LogP contribution in [0.2, 0.25) is 5.02 Å². The summed E-state index contributed by atoms with van der Waals surface area (Å²) in [6, 6.07) is 7.18. The van der Waals surface area contributed by atoms with Crippen molar-refractivity contribution >= 4 is 35.0 Å². The molecule has 0 aliphatic rings. The van der Waals surface area contributed by atoms with Crippen LogP contribution in [0.3, 0.4) is 0 Å². The van der Waals surface area contributed by atoms with Gasteiger partial charge in [-0.2, -0.15) is 0 Å². The average molecular weight is 346 g/mol. The van der Waals surface area contributed by atoms with Crippen molar-refractivity contribution in [3.8, 4) is 0 Å². The fourth-order valence-corrected chi connectivity index (χ4v) is 2.81. The van der Waals surface area contributed by atoms with Crippen LogP contribution in [-0.2, 0) is 10.5 Å². The number of carbonyl (C=O) groups is 1. The van der Waals surface area contributed by atoms with Crippen LogP contribution < -0.4 is 5.32 Å². The standard InChI is InChI=1S/C15H11ClF3NOS/c16-12-5-10(17)2-1-9(12)7-22-8-15(21)20-11-3-4-13(18)14(19)6-11/h1-6H,7-8H2,(H,20,21). The molecular weight excluding hydrogens is 335 g/mol. The van der Waals surface area contributed by atoms with Gasteiger partial charge < -0.3 is 5.32 Å². The molecule has 2 nitrogen and oxygen atoms in total. The largest absolute Gasteiger partial charge is 0.325 e. The highest BCUT2D eigenvalue weighted by Gasteiger charge is 2.08. The van der Waals surface area contributed by atoms with E-state index in [4.69, 9.17) is 11.6 Å². The van der Waals surface area contributed by atoms with Crippen molar-refractivity contribution in [2.75, 3.05) is 11.1 Å². The lowest BCUT2D eigenvalue weighted by atomic mass is 10.2. The van der Waals surface area contributed by atoms with Gasteiger partial charge in [-0.3, -0.25) is 4.79 Å². The monoisotopic (exact) mass is 345 g/mol. The second-order valence-electron chi connectivity index (χ2n) is 4.41. The number of benzene rings is 2. The van der Waals surface area contributed by atoms with Gasteiger partial charge in [0.2, 0.25) is 5.91 Å². The molecule has 0 fully saturated rings. The molecule has 0 saturated carbocycles. The van der Waals surface area contributed by atoms with Crippen molar-refractivity contribution in [3.05, 3.63) is 64.4 Å². The minimum Gasteiger partial charge on any atom is -0.325 e. The topological polar surface area (TPSA) is 29.1 Å². The third-order valence-electron chi connectivity index (χ3n) is 2.71. The lowest BCUT2D eigenvalue weighted by Crippen LogP contribution is -2.14. The van der Waals surface area contributed by atoms with Crippen LogP contribution >= 0.6 is 23.4 Å². The average Bonchev–Trinajstić information content (AvgIpc) is 2.45. The highest BCUT2D eigenvalue weighted by Crippen LogP contribution is 2.22. The van der Waals surface area contributed by atoms with Crippen molar-refractivity contribution in [2.45, 2.75) is 5.75 Å². The second-order valence-corrected chi connectivity index (χ2v) is 5.80. The minimum absolute atomic E-state index is 0.104. The van der Waals surface area contributed by atoms with E-state index in [0.29, 0.717) is 16.3 Å². The highest BCUT2D eigenvalue weighted by molar-refractivity contribution is 7.99. The molecule has 1 amide bonds. The van der Waals surface area contributed by atoms with Gasteiger partial charge in [-0.15, -0.1) is 11.8 Å². The van der Waals surface area contributed by atoms with Gasteiger partial charge in [0.05, 0.1) is 5.75 Å². The summed E-state index contributed by atoms with van der Waals surface area (Å²) in [5, 5.41) is 2.76. The van der Waals surface area contributed by atoms with Crippen LogP contribution in [0.4, 0.5) is 18.9 Å². The summed E-state index contributed by atoms with van der Waals surface area (Å²) < 4.78 is 38.7. The molecule has 116 valence electrons. The molecule has 0 spiro atoms. The summed E-state index contributed by atoms with van der Waals surface area (Å²) in [6.07, 6.45) is 0. The fourth-order valence-electron chi connectivity index (χ4n) is 1.66. The zero-order chi connectivity index (χ0) is 16.1. The molecule has 7 heteroatoms. The first kappa shape index (κ1) is 16.7. The Morgan fingerprint density at radius 1 is 1.09 bits per heavy atom. The number of carbonyl (C=O) groups excluding carboxylic acids is 1. The number of hydrogen-bond acceptors (Lipinski definition) is 2. The van der Waals surface area contributed by atoms with Crippen LogP contribution in [-0.4, -0.2) is 11.7 Å². The molecule has 0 aliphatic heterocycles. The molecule has 22 heavy (non-hydrogen) atoms. The summed E-state index contributed by atoms with van der Waals surface area (Å²) in [4.78, 5) is 11.7.